The average molecular weight is 398 g/mol. The van der Waals surface area contributed by atoms with Gasteiger partial charge < -0.3 is 14.6 Å². The van der Waals surface area contributed by atoms with Crippen molar-refractivity contribution in [2.75, 3.05) is 18.4 Å². The van der Waals surface area contributed by atoms with Gasteiger partial charge in [0.25, 0.3) is 5.91 Å². The number of benzene rings is 1. The highest BCUT2D eigenvalue weighted by Crippen LogP contribution is 2.32. The van der Waals surface area contributed by atoms with E-state index in [-0.39, 0.29) is 17.7 Å². The Hall–Kier alpha value is -2.74. The summed E-state index contributed by atoms with van der Waals surface area (Å²) in [6, 6.07) is 4.06. The van der Waals surface area contributed by atoms with Crippen molar-refractivity contribution >= 4 is 39.3 Å². The lowest BCUT2D eigenvalue weighted by Crippen LogP contribution is -2.41. The van der Waals surface area contributed by atoms with Gasteiger partial charge in [0, 0.05) is 30.0 Å². The van der Waals surface area contributed by atoms with Crippen LogP contribution >= 0.6 is 11.3 Å². The third-order valence-corrected chi connectivity index (χ3v) is 6.03. The van der Waals surface area contributed by atoms with Crippen molar-refractivity contribution in [2.45, 2.75) is 33.6 Å². The Morgan fingerprint density at radius 2 is 1.89 bits per heavy atom. The predicted octanol–water partition coefficient (Wildman–Crippen LogP) is 3.70. The van der Waals surface area contributed by atoms with E-state index in [0.717, 1.165) is 27.7 Å². The van der Waals surface area contributed by atoms with Crippen LogP contribution in [-0.4, -0.2) is 40.0 Å². The molecule has 3 heterocycles. The molecule has 1 aliphatic rings. The molecule has 0 atom stereocenters. The standard InChI is InChI=1S/C20H22N4O3S/c1-11-4-5-12(2)16-15(11)13(3)17(27-16)19(26)24-8-6-14(7-9-24)18(25)22-20-23-21-10-28-20/h4-5,10,14H,6-9H2,1-3H3,(H,22,23,25). The molecule has 2 aromatic heterocycles. The first-order chi connectivity index (χ1) is 13.5. The van der Waals surface area contributed by atoms with Gasteiger partial charge in [-0.2, -0.15) is 0 Å². The number of hydrogen-bond donors (Lipinski definition) is 1. The van der Waals surface area contributed by atoms with Crippen LogP contribution in [0.2, 0.25) is 0 Å². The van der Waals surface area contributed by atoms with Crippen LogP contribution in [-0.2, 0) is 4.79 Å². The van der Waals surface area contributed by atoms with Crippen LogP contribution in [0, 0.1) is 26.7 Å². The molecule has 1 aromatic carbocycles. The third kappa shape index (κ3) is 3.28. The Kier molecular flexibility index (Phi) is 4.89. The zero-order valence-electron chi connectivity index (χ0n) is 16.1. The first kappa shape index (κ1) is 18.6. The van der Waals surface area contributed by atoms with E-state index in [2.05, 4.69) is 21.6 Å². The van der Waals surface area contributed by atoms with Crippen molar-refractivity contribution in [3.05, 3.63) is 40.1 Å². The Labute approximate surface area is 166 Å². The average Bonchev–Trinajstić information content (AvgIpc) is 3.33. The van der Waals surface area contributed by atoms with Crippen molar-refractivity contribution < 1.29 is 14.0 Å². The second-order valence-electron chi connectivity index (χ2n) is 7.26. The van der Waals surface area contributed by atoms with Crippen LogP contribution in [0.4, 0.5) is 5.13 Å². The maximum absolute atomic E-state index is 13.1. The fraction of sp³-hybridized carbons (Fsp3) is 0.400. The lowest BCUT2D eigenvalue weighted by atomic mass is 9.95. The van der Waals surface area contributed by atoms with Crippen molar-refractivity contribution in [3.63, 3.8) is 0 Å². The number of hydrogen-bond acceptors (Lipinski definition) is 6. The summed E-state index contributed by atoms with van der Waals surface area (Å²) < 4.78 is 5.99. The molecule has 0 saturated carbocycles. The molecule has 1 N–H and O–H groups in total. The molecular formula is C20H22N4O3S. The highest BCUT2D eigenvalue weighted by atomic mass is 32.1. The number of fused-ring (bicyclic) bond motifs is 1. The number of nitrogens with one attached hydrogen (secondary N) is 1. The zero-order valence-corrected chi connectivity index (χ0v) is 16.9. The Morgan fingerprint density at radius 1 is 1.18 bits per heavy atom. The fourth-order valence-corrected chi connectivity index (χ4v) is 4.25. The monoisotopic (exact) mass is 398 g/mol. The number of carbonyl (C=O) groups is 2. The molecule has 0 aliphatic carbocycles. The lowest BCUT2D eigenvalue weighted by Gasteiger charge is -2.30. The summed E-state index contributed by atoms with van der Waals surface area (Å²) in [5.41, 5.74) is 5.38. The van der Waals surface area contributed by atoms with Gasteiger partial charge in [-0.25, -0.2) is 0 Å². The first-order valence-electron chi connectivity index (χ1n) is 9.31. The number of carbonyl (C=O) groups excluding carboxylic acids is 2. The van der Waals surface area contributed by atoms with Crippen molar-refractivity contribution in [2.24, 2.45) is 5.92 Å². The number of nitrogens with zero attached hydrogens (tertiary/aromatic N) is 3. The maximum atomic E-state index is 13.1. The summed E-state index contributed by atoms with van der Waals surface area (Å²) in [4.78, 5) is 27.2. The molecule has 7 nitrogen and oxygen atoms in total. The number of aryl methyl sites for hydroxylation is 3. The van der Waals surface area contributed by atoms with E-state index < -0.39 is 0 Å². The summed E-state index contributed by atoms with van der Waals surface area (Å²) in [6.07, 6.45) is 1.24. The summed E-state index contributed by atoms with van der Waals surface area (Å²) in [5, 5.41) is 11.9. The number of amides is 2. The molecule has 28 heavy (non-hydrogen) atoms. The van der Waals surface area contributed by atoms with Gasteiger partial charge in [-0.3, -0.25) is 9.59 Å². The van der Waals surface area contributed by atoms with Gasteiger partial charge in [0.1, 0.15) is 11.1 Å². The number of likely N-dealkylation sites (tertiary alicyclic amines) is 1. The molecule has 0 unspecified atom stereocenters. The van der Waals surface area contributed by atoms with E-state index in [1.54, 1.807) is 10.4 Å². The molecule has 0 bridgehead atoms. The van der Waals surface area contributed by atoms with Crippen LogP contribution in [0.25, 0.3) is 11.0 Å². The largest absolute Gasteiger partial charge is 0.450 e. The molecule has 1 saturated heterocycles. The molecule has 2 amide bonds. The minimum atomic E-state index is -0.130. The number of anilines is 1. The van der Waals surface area contributed by atoms with Crippen LogP contribution in [0.1, 0.15) is 40.1 Å². The second kappa shape index (κ2) is 7.35. The van der Waals surface area contributed by atoms with Gasteiger partial charge in [0.05, 0.1) is 0 Å². The minimum Gasteiger partial charge on any atom is -0.450 e. The Balaban J connectivity index is 1.46. The molecule has 1 fully saturated rings. The molecule has 1 aliphatic heterocycles. The summed E-state index contributed by atoms with van der Waals surface area (Å²) >= 11 is 1.29. The van der Waals surface area contributed by atoms with E-state index >= 15 is 0 Å². The van der Waals surface area contributed by atoms with Gasteiger partial charge in [-0.1, -0.05) is 23.5 Å². The van der Waals surface area contributed by atoms with Crippen molar-refractivity contribution in [1.29, 1.82) is 0 Å². The molecule has 3 aromatic rings. The zero-order chi connectivity index (χ0) is 19.8. The van der Waals surface area contributed by atoms with E-state index in [4.69, 9.17) is 4.42 Å². The molecule has 8 heteroatoms. The van der Waals surface area contributed by atoms with E-state index in [0.29, 0.717) is 36.8 Å². The lowest BCUT2D eigenvalue weighted by molar-refractivity contribution is -0.121. The normalized spacial score (nSPS) is 15.2. The van der Waals surface area contributed by atoms with Crippen LogP contribution in [0.15, 0.2) is 22.1 Å². The van der Waals surface area contributed by atoms with Gasteiger partial charge in [0.2, 0.25) is 11.0 Å². The molecule has 0 radical (unpaired) electrons. The maximum Gasteiger partial charge on any atom is 0.289 e. The predicted molar refractivity (Wildman–Crippen MR) is 108 cm³/mol. The number of aromatic nitrogens is 2. The SMILES string of the molecule is Cc1ccc(C)c2c(C)c(C(=O)N3CCC(C(=O)Nc4nncs4)CC3)oc12. The first-order valence-corrected chi connectivity index (χ1v) is 10.2. The Morgan fingerprint density at radius 3 is 2.54 bits per heavy atom. The van der Waals surface area contributed by atoms with E-state index in [9.17, 15) is 9.59 Å². The fourth-order valence-electron chi connectivity index (χ4n) is 3.80. The quantitative estimate of drug-likeness (QED) is 0.727. The van der Waals surface area contributed by atoms with Crippen molar-refractivity contribution in [1.82, 2.24) is 15.1 Å². The molecule has 4 rings (SSSR count). The number of rotatable bonds is 3. The molecular weight excluding hydrogens is 376 g/mol. The summed E-state index contributed by atoms with van der Waals surface area (Å²) in [5.74, 6) is 0.115. The molecule has 146 valence electrons. The number of furan rings is 1. The highest BCUT2D eigenvalue weighted by molar-refractivity contribution is 7.13. The minimum absolute atomic E-state index is 0.0602. The molecule has 0 spiro atoms. The Bertz CT molecular complexity index is 1030. The van der Waals surface area contributed by atoms with E-state index in [1.807, 2.05) is 26.8 Å². The van der Waals surface area contributed by atoms with Crippen LogP contribution < -0.4 is 5.32 Å². The highest BCUT2D eigenvalue weighted by Gasteiger charge is 2.31. The van der Waals surface area contributed by atoms with Crippen LogP contribution in [0.5, 0.6) is 0 Å². The topological polar surface area (TPSA) is 88.3 Å². The summed E-state index contributed by atoms with van der Waals surface area (Å²) in [6.45, 7) is 7.01. The van der Waals surface area contributed by atoms with Gasteiger partial charge in [0.15, 0.2) is 5.76 Å². The summed E-state index contributed by atoms with van der Waals surface area (Å²) in [7, 11) is 0. The second-order valence-corrected chi connectivity index (χ2v) is 8.09. The number of piperidine rings is 1. The van der Waals surface area contributed by atoms with Gasteiger partial charge in [-0.05, 0) is 44.7 Å². The van der Waals surface area contributed by atoms with Gasteiger partial charge >= 0.3 is 0 Å². The van der Waals surface area contributed by atoms with E-state index in [1.165, 1.54) is 11.3 Å². The van der Waals surface area contributed by atoms with Crippen LogP contribution in [0.3, 0.4) is 0 Å². The van der Waals surface area contributed by atoms with Crippen molar-refractivity contribution in [3.8, 4) is 0 Å². The van der Waals surface area contributed by atoms with Gasteiger partial charge in [-0.15, -0.1) is 10.2 Å². The third-order valence-electron chi connectivity index (χ3n) is 5.42. The smallest absolute Gasteiger partial charge is 0.289 e.